The second-order valence-corrected chi connectivity index (χ2v) is 5.81. The van der Waals surface area contributed by atoms with Crippen LogP contribution in [0.5, 0.6) is 0 Å². The summed E-state index contributed by atoms with van der Waals surface area (Å²) in [5, 5.41) is 3.86. The second-order valence-electron chi connectivity index (χ2n) is 5.81. The van der Waals surface area contributed by atoms with Crippen LogP contribution in [0.4, 0.5) is 0 Å². The summed E-state index contributed by atoms with van der Waals surface area (Å²) in [6, 6.07) is 1.73. The highest BCUT2D eigenvalue weighted by atomic mass is 16.5. The van der Waals surface area contributed by atoms with E-state index >= 15 is 0 Å². The first kappa shape index (κ1) is 15.6. The molecule has 0 radical (unpaired) electrons. The lowest BCUT2D eigenvalue weighted by Crippen LogP contribution is -2.49. The Kier molecular flexibility index (Phi) is 4.38. The molecule has 1 aliphatic heterocycles. The van der Waals surface area contributed by atoms with Crippen molar-refractivity contribution in [2.24, 2.45) is 0 Å². The van der Waals surface area contributed by atoms with Gasteiger partial charge in [-0.05, 0) is 32.0 Å². The lowest BCUT2D eigenvalue weighted by molar-refractivity contribution is 0.0488. The molecular weight excluding hydrogens is 294 g/mol. The summed E-state index contributed by atoms with van der Waals surface area (Å²) in [4.78, 5) is 25.3. The van der Waals surface area contributed by atoms with Gasteiger partial charge in [0.2, 0.25) is 5.89 Å². The van der Waals surface area contributed by atoms with Crippen molar-refractivity contribution >= 4 is 5.91 Å². The highest BCUT2D eigenvalue weighted by Gasteiger charge is 2.32. The normalized spacial score (nSPS) is 19.1. The van der Waals surface area contributed by atoms with Crippen molar-refractivity contribution in [1.82, 2.24) is 24.9 Å². The summed E-state index contributed by atoms with van der Waals surface area (Å²) >= 11 is 0. The molecule has 7 heteroatoms. The SMILES string of the molecule is CCc1cnccc1C(=O)N1CCN(C)[C@H](c2nc(C)no2)C1. The van der Waals surface area contributed by atoms with E-state index in [1.807, 2.05) is 18.9 Å². The van der Waals surface area contributed by atoms with Crippen LogP contribution in [0.25, 0.3) is 0 Å². The lowest BCUT2D eigenvalue weighted by atomic mass is 10.1. The van der Waals surface area contributed by atoms with Crippen LogP contribution in [0.1, 0.15) is 40.6 Å². The van der Waals surface area contributed by atoms with Gasteiger partial charge in [0.15, 0.2) is 5.82 Å². The number of pyridine rings is 1. The number of piperazine rings is 1. The first-order valence-electron chi connectivity index (χ1n) is 7.82. The molecule has 2 aromatic rings. The van der Waals surface area contributed by atoms with Crippen molar-refractivity contribution in [3.63, 3.8) is 0 Å². The summed E-state index contributed by atoms with van der Waals surface area (Å²) < 4.78 is 5.30. The van der Waals surface area contributed by atoms with Crippen LogP contribution < -0.4 is 0 Å². The fraction of sp³-hybridized carbons (Fsp3) is 0.500. The van der Waals surface area contributed by atoms with Crippen LogP contribution in [0.3, 0.4) is 0 Å². The third-order valence-corrected chi connectivity index (χ3v) is 4.28. The third-order valence-electron chi connectivity index (χ3n) is 4.28. The molecule has 0 bridgehead atoms. The van der Waals surface area contributed by atoms with E-state index in [2.05, 4.69) is 20.0 Å². The molecule has 23 heavy (non-hydrogen) atoms. The summed E-state index contributed by atoms with van der Waals surface area (Å²) in [7, 11) is 2.01. The minimum absolute atomic E-state index is 0.0404. The van der Waals surface area contributed by atoms with Gasteiger partial charge in [-0.2, -0.15) is 4.98 Å². The number of amides is 1. The van der Waals surface area contributed by atoms with Gasteiger partial charge >= 0.3 is 0 Å². The van der Waals surface area contributed by atoms with Crippen LogP contribution >= 0.6 is 0 Å². The quantitative estimate of drug-likeness (QED) is 0.853. The Morgan fingerprint density at radius 3 is 2.96 bits per heavy atom. The van der Waals surface area contributed by atoms with Gasteiger partial charge < -0.3 is 9.42 Å². The molecule has 0 aromatic carbocycles. The lowest BCUT2D eigenvalue weighted by Gasteiger charge is -2.37. The maximum atomic E-state index is 12.9. The fourth-order valence-electron chi connectivity index (χ4n) is 2.86. The fourth-order valence-corrected chi connectivity index (χ4v) is 2.86. The minimum atomic E-state index is -0.0687. The molecule has 0 aliphatic carbocycles. The number of hydrogen-bond acceptors (Lipinski definition) is 6. The van der Waals surface area contributed by atoms with Crippen LogP contribution in [-0.2, 0) is 6.42 Å². The van der Waals surface area contributed by atoms with Crippen molar-refractivity contribution < 1.29 is 9.32 Å². The Morgan fingerprint density at radius 2 is 2.26 bits per heavy atom. The average Bonchev–Trinajstić information content (AvgIpc) is 3.01. The van der Waals surface area contributed by atoms with Gasteiger partial charge in [0.1, 0.15) is 6.04 Å². The third kappa shape index (κ3) is 3.10. The predicted octanol–water partition coefficient (Wildman–Crippen LogP) is 1.46. The monoisotopic (exact) mass is 315 g/mol. The van der Waals surface area contributed by atoms with E-state index in [0.29, 0.717) is 24.8 Å². The summed E-state index contributed by atoms with van der Waals surface area (Å²) in [5.41, 5.74) is 1.70. The van der Waals surface area contributed by atoms with Crippen molar-refractivity contribution in [3.8, 4) is 0 Å². The number of hydrogen-bond donors (Lipinski definition) is 0. The zero-order chi connectivity index (χ0) is 16.4. The van der Waals surface area contributed by atoms with Crippen LogP contribution in [0.2, 0.25) is 0 Å². The highest BCUT2D eigenvalue weighted by molar-refractivity contribution is 5.95. The number of nitrogens with zero attached hydrogens (tertiary/aromatic N) is 5. The van der Waals surface area contributed by atoms with E-state index in [1.54, 1.807) is 25.4 Å². The maximum absolute atomic E-state index is 12.9. The Labute approximate surface area is 135 Å². The average molecular weight is 315 g/mol. The number of likely N-dealkylation sites (N-methyl/N-ethyl adjacent to an activating group) is 1. The Bertz CT molecular complexity index is 699. The molecule has 1 fully saturated rings. The second kappa shape index (κ2) is 6.45. The maximum Gasteiger partial charge on any atom is 0.254 e. The zero-order valence-electron chi connectivity index (χ0n) is 13.7. The molecule has 1 aliphatic rings. The molecular formula is C16H21N5O2. The van der Waals surface area contributed by atoms with Gasteiger partial charge in [-0.1, -0.05) is 12.1 Å². The molecule has 7 nitrogen and oxygen atoms in total. The van der Waals surface area contributed by atoms with E-state index in [4.69, 9.17) is 4.52 Å². The molecule has 0 saturated carbocycles. The Hall–Kier alpha value is -2.28. The molecule has 0 unspecified atom stereocenters. The van der Waals surface area contributed by atoms with E-state index in [0.717, 1.165) is 24.1 Å². The smallest absolute Gasteiger partial charge is 0.254 e. The molecule has 3 rings (SSSR count). The molecule has 0 N–H and O–H groups in total. The number of carbonyl (C=O) groups excluding carboxylic acids is 1. The summed E-state index contributed by atoms with van der Waals surface area (Å²) in [6.07, 6.45) is 4.22. The molecule has 1 atom stereocenters. The zero-order valence-corrected chi connectivity index (χ0v) is 13.7. The van der Waals surface area contributed by atoms with Crippen molar-refractivity contribution in [3.05, 3.63) is 41.3 Å². The van der Waals surface area contributed by atoms with Gasteiger partial charge in [-0.3, -0.25) is 14.7 Å². The van der Waals surface area contributed by atoms with Crippen LogP contribution in [0, 0.1) is 6.92 Å². The number of aryl methyl sites for hydroxylation is 2. The number of carbonyl (C=O) groups is 1. The Balaban J connectivity index is 1.82. The van der Waals surface area contributed by atoms with Crippen LogP contribution in [-0.4, -0.2) is 57.5 Å². The molecule has 1 amide bonds. The van der Waals surface area contributed by atoms with Gasteiger partial charge in [-0.25, -0.2) is 0 Å². The first-order chi connectivity index (χ1) is 11.1. The van der Waals surface area contributed by atoms with Gasteiger partial charge in [0, 0.05) is 37.6 Å². The van der Waals surface area contributed by atoms with Crippen molar-refractivity contribution in [2.45, 2.75) is 26.3 Å². The number of aromatic nitrogens is 3. The van der Waals surface area contributed by atoms with E-state index in [-0.39, 0.29) is 11.9 Å². The van der Waals surface area contributed by atoms with Crippen LogP contribution in [0.15, 0.2) is 23.0 Å². The molecule has 2 aromatic heterocycles. The van der Waals surface area contributed by atoms with Gasteiger partial charge in [0.05, 0.1) is 0 Å². The Morgan fingerprint density at radius 1 is 1.43 bits per heavy atom. The van der Waals surface area contributed by atoms with E-state index in [1.165, 1.54) is 0 Å². The minimum Gasteiger partial charge on any atom is -0.338 e. The van der Waals surface area contributed by atoms with E-state index < -0.39 is 0 Å². The first-order valence-corrected chi connectivity index (χ1v) is 7.82. The highest BCUT2D eigenvalue weighted by Crippen LogP contribution is 2.24. The molecule has 122 valence electrons. The van der Waals surface area contributed by atoms with Crippen molar-refractivity contribution in [2.75, 3.05) is 26.7 Å². The predicted molar refractivity (Wildman–Crippen MR) is 83.9 cm³/mol. The summed E-state index contributed by atoms with van der Waals surface area (Å²) in [5.74, 6) is 1.21. The molecule has 1 saturated heterocycles. The largest absolute Gasteiger partial charge is 0.338 e. The van der Waals surface area contributed by atoms with Gasteiger partial charge in [-0.15, -0.1) is 0 Å². The topological polar surface area (TPSA) is 75.4 Å². The van der Waals surface area contributed by atoms with Gasteiger partial charge in [0.25, 0.3) is 5.91 Å². The molecule has 0 spiro atoms. The van der Waals surface area contributed by atoms with E-state index in [9.17, 15) is 4.79 Å². The standard InChI is InChI=1S/C16H21N5O2/c1-4-12-9-17-6-5-13(12)16(22)21-8-7-20(3)14(10-21)15-18-11(2)19-23-15/h5-6,9,14H,4,7-8,10H2,1-3H3/t14-/m0/s1. The molecule has 3 heterocycles. The van der Waals surface area contributed by atoms with Crippen molar-refractivity contribution in [1.29, 1.82) is 0 Å². The summed E-state index contributed by atoms with van der Waals surface area (Å²) in [6.45, 7) is 5.82. The number of rotatable bonds is 3.